The van der Waals surface area contributed by atoms with Gasteiger partial charge in [0.1, 0.15) is 0 Å². The van der Waals surface area contributed by atoms with Crippen molar-refractivity contribution < 1.29 is 9.90 Å². The molecule has 118 valence electrons. The Kier molecular flexibility index (Phi) is 3.77. The minimum atomic E-state index is -0.598. The maximum Gasteiger partial charge on any atom is 0.235 e. The third-order valence-electron chi connectivity index (χ3n) is 5.99. The average molecular weight is 310 g/mol. The molecule has 2 aliphatic carbocycles. The molecule has 0 aromatic rings. The van der Waals surface area contributed by atoms with Crippen LogP contribution in [0.25, 0.3) is 0 Å². The summed E-state index contributed by atoms with van der Waals surface area (Å²) in [5, 5.41) is 10.7. The third-order valence-corrected chi connectivity index (χ3v) is 6.38. The SMILES string of the molecule is CC1CC(C(=O)N2CCC3(O)CCCCC3C2)(C(N)=S)C1. The van der Waals surface area contributed by atoms with Gasteiger partial charge in [-0.2, -0.15) is 0 Å². The second kappa shape index (κ2) is 5.20. The van der Waals surface area contributed by atoms with Crippen LogP contribution in [-0.4, -0.2) is 39.6 Å². The summed E-state index contributed by atoms with van der Waals surface area (Å²) in [6.07, 6.45) is 6.45. The van der Waals surface area contributed by atoms with E-state index in [1.165, 1.54) is 0 Å². The van der Waals surface area contributed by atoms with E-state index >= 15 is 0 Å². The summed E-state index contributed by atoms with van der Waals surface area (Å²) < 4.78 is 0. The maximum atomic E-state index is 12.9. The minimum absolute atomic E-state index is 0.112. The molecule has 1 aliphatic heterocycles. The van der Waals surface area contributed by atoms with E-state index in [2.05, 4.69) is 6.92 Å². The summed E-state index contributed by atoms with van der Waals surface area (Å²) in [6.45, 7) is 3.46. The van der Waals surface area contributed by atoms with Gasteiger partial charge >= 0.3 is 0 Å². The molecule has 2 saturated carbocycles. The molecule has 3 rings (SSSR count). The lowest BCUT2D eigenvalue weighted by molar-refractivity contribution is -0.155. The van der Waals surface area contributed by atoms with Gasteiger partial charge in [-0.1, -0.05) is 32.0 Å². The number of fused-ring (bicyclic) bond motifs is 1. The van der Waals surface area contributed by atoms with Crippen LogP contribution < -0.4 is 5.73 Å². The molecule has 21 heavy (non-hydrogen) atoms. The highest BCUT2D eigenvalue weighted by Gasteiger charge is 2.54. The van der Waals surface area contributed by atoms with Crippen LogP contribution in [0.2, 0.25) is 0 Å². The number of rotatable bonds is 2. The first kappa shape index (κ1) is 15.2. The molecule has 3 fully saturated rings. The molecule has 1 amide bonds. The number of carbonyl (C=O) groups is 1. The summed E-state index contributed by atoms with van der Waals surface area (Å²) in [7, 11) is 0. The first-order chi connectivity index (χ1) is 9.87. The first-order valence-corrected chi connectivity index (χ1v) is 8.60. The highest BCUT2D eigenvalue weighted by atomic mass is 32.1. The number of aliphatic hydroxyl groups is 1. The van der Waals surface area contributed by atoms with E-state index in [-0.39, 0.29) is 11.8 Å². The number of amides is 1. The molecule has 1 saturated heterocycles. The van der Waals surface area contributed by atoms with Crippen LogP contribution in [0.3, 0.4) is 0 Å². The second-order valence-corrected chi connectivity index (χ2v) is 7.95. The van der Waals surface area contributed by atoms with Crippen LogP contribution in [0.15, 0.2) is 0 Å². The maximum absolute atomic E-state index is 12.9. The highest BCUT2D eigenvalue weighted by Crippen LogP contribution is 2.48. The number of likely N-dealkylation sites (tertiary alicyclic amines) is 1. The van der Waals surface area contributed by atoms with Crippen molar-refractivity contribution in [1.29, 1.82) is 0 Å². The molecular weight excluding hydrogens is 284 g/mol. The Morgan fingerprint density at radius 3 is 2.67 bits per heavy atom. The largest absolute Gasteiger partial charge is 0.392 e. The molecule has 2 unspecified atom stereocenters. The number of nitrogens with two attached hydrogens (primary N) is 1. The van der Waals surface area contributed by atoms with E-state index in [9.17, 15) is 9.90 Å². The van der Waals surface area contributed by atoms with Crippen LogP contribution in [0.4, 0.5) is 0 Å². The average Bonchev–Trinajstić information content (AvgIpc) is 2.41. The Balaban J connectivity index is 1.73. The van der Waals surface area contributed by atoms with Crippen molar-refractivity contribution in [2.24, 2.45) is 23.0 Å². The Morgan fingerprint density at radius 1 is 1.33 bits per heavy atom. The normalized spacial score (nSPS) is 42.9. The summed E-state index contributed by atoms with van der Waals surface area (Å²) >= 11 is 5.20. The third kappa shape index (κ3) is 2.38. The fourth-order valence-corrected chi connectivity index (χ4v) is 4.92. The lowest BCUT2D eigenvalue weighted by Gasteiger charge is -2.52. The van der Waals surface area contributed by atoms with Crippen molar-refractivity contribution in [3.8, 4) is 0 Å². The van der Waals surface area contributed by atoms with Gasteiger partial charge < -0.3 is 15.7 Å². The number of piperidine rings is 1. The molecular formula is C16H26N2O2S. The number of thiocarbonyl (C=S) groups is 1. The van der Waals surface area contributed by atoms with E-state index in [1.807, 2.05) is 4.90 Å². The number of nitrogens with zero attached hydrogens (tertiary/aromatic N) is 1. The zero-order valence-corrected chi connectivity index (χ0v) is 13.6. The van der Waals surface area contributed by atoms with Gasteiger partial charge in [0.25, 0.3) is 0 Å². The second-order valence-electron chi connectivity index (χ2n) is 7.51. The Morgan fingerprint density at radius 2 is 2.05 bits per heavy atom. The zero-order chi connectivity index (χ0) is 15.3. The minimum Gasteiger partial charge on any atom is -0.392 e. The van der Waals surface area contributed by atoms with Gasteiger partial charge in [0.05, 0.1) is 16.0 Å². The van der Waals surface area contributed by atoms with Crippen molar-refractivity contribution in [2.45, 2.75) is 57.5 Å². The van der Waals surface area contributed by atoms with Gasteiger partial charge in [-0.05, 0) is 38.0 Å². The molecule has 4 nitrogen and oxygen atoms in total. The van der Waals surface area contributed by atoms with Gasteiger partial charge in [0, 0.05) is 19.0 Å². The molecule has 1 heterocycles. The van der Waals surface area contributed by atoms with E-state index < -0.39 is 11.0 Å². The summed E-state index contributed by atoms with van der Waals surface area (Å²) in [5.41, 5.74) is 4.75. The molecule has 0 radical (unpaired) electrons. The summed E-state index contributed by atoms with van der Waals surface area (Å²) in [6, 6.07) is 0. The number of hydrogen-bond donors (Lipinski definition) is 2. The van der Waals surface area contributed by atoms with Crippen LogP contribution in [0, 0.1) is 17.3 Å². The molecule has 3 N–H and O–H groups in total. The molecule has 2 atom stereocenters. The molecule has 0 aromatic heterocycles. The van der Waals surface area contributed by atoms with Crippen molar-refractivity contribution in [3.63, 3.8) is 0 Å². The van der Waals surface area contributed by atoms with Crippen LogP contribution >= 0.6 is 12.2 Å². The first-order valence-electron chi connectivity index (χ1n) is 8.19. The number of carbonyl (C=O) groups excluding carboxylic acids is 1. The van der Waals surface area contributed by atoms with Gasteiger partial charge in [0.2, 0.25) is 5.91 Å². The van der Waals surface area contributed by atoms with E-state index in [4.69, 9.17) is 18.0 Å². The molecule has 0 bridgehead atoms. The lowest BCUT2D eigenvalue weighted by Crippen LogP contribution is -2.61. The summed E-state index contributed by atoms with van der Waals surface area (Å²) in [5.74, 6) is 0.859. The van der Waals surface area contributed by atoms with Crippen LogP contribution in [-0.2, 0) is 4.79 Å². The van der Waals surface area contributed by atoms with Crippen LogP contribution in [0.5, 0.6) is 0 Å². The summed E-state index contributed by atoms with van der Waals surface area (Å²) in [4.78, 5) is 15.2. The standard InChI is InChI=1S/C16H26N2O2S/c1-11-8-15(9-11,13(17)21)14(19)18-7-6-16(20)5-3-2-4-12(16)10-18/h11-12,20H,2-10H2,1H3,(H2,17,21). The van der Waals surface area contributed by atoms with Crippen molar-refractivity contribution in [1.82, 2.24) is 4.90 Å². The van der Waals surface area contributed by atoms with Gasteiger partial charge in [-0.25, -0.2) is 0 Å². The van der Waals surface area contributed by atoms with Gasteiger partial charge in [-0.15, -0.1) is 0 Å². The fraction of sp³-hybridized carbons (Fsp3) is 0.875. The van der Waals surface area contributed by atoms with Gasteiger partial charge in [0.15, 0.2) is 0 Å². The molecule has 5 heteroatoms. The smallest absolute Gasteiger partial charge is 0.235 e. The highest BCUT2D eigenvalue weighted by molar-refractivity contribution is 7.80. The molecule has 0 aromatic carbocycles. The molecule has 0 spiro atoms. The fourth-order valence-electron chi connectivity index (χ4n) is 4.67. The topological polar surface area (TPSA) is 66.6 Å². The van der Waals surface area contributed by atoms with E-state index in [0.717, 1.165) is 38.5 Å². The lowest BCUT2D eigenvalue weighted by atomic mass is 9.61. The van der Waals surface area contributed by atoms with Crippen LogP contribution in [0.1, 0.15) is 51.9 Å². The Bertz CT molecular complexity index is 461. The monoisotopic (exact) mass is 310 g/mol. The van der Waals surface area contributed by atoms with E-state index in [0.29, 0.717) is 30.4 Å². The number of hydrogen-bond acceptors (Lipinski definition) is 3. The predicted molar refractivity (Wildman–Crippen MR) is 85.7 cm³/mol. The Labute approximate surface area is 132 Å². The van der Waals surface area contributed by atoms with E-state index in [1.54, 1.807) is 0 Å². The van der Waals surface area contributed by atoms with Crippen molar-refractivity contribution in [2.75, 3.05) is 13.1 Å². The predicted octanol–water partition coefficient (Wildman–Crippen LogP) is 1.84. The zero-order valence-electron chi connectivity index (χ0n) is 12.8. The van der Waals surface area contributed by atoms with Crippen molar-refractivity contribution in [3.05, 3.63) is 0 Å². The van der Waals surface area contributed by atoms with Gasteiger partial charge in [-0.3, -0.25) is 4.79 Å². The molecule has 3 aliphatic rings. The quantitative estimate of drug-likeness (QED) is 0.764. The Hall–Kier alpha value is -0.680. The van der Waals surface area contributed by atoms with Crippen molar-refractivity contribution >= 4 is 23.1 Å².